The highest BCUT2D eigenvalue weighted by Crippen LogP contribution is 1.89. The molecule has 0 spiro atoms. The maximum Gasteiger partial charge on any atom is 0.266 e. The van der Waals surface area contributed by atoms with Gasteiger partial charge in [-0.25, -0.2) is 4.84 Å². The van der Waals surface area contributed by atoms with Crippen LogP contribution in [0.25, 0.3) is 0 Å². The van der Waals surface area contributed by atoms with Crippen LogP contribution in [-0.2, 0) is 10.1 Å². The van der Waals surface area contributed by atoms with Gasteiger partial charge in [0.15, 0.2) is 0 Å². The molecule has 0 aromatic heterocycles. The standard InChI is InChI=1S/C3H8ClNO3S/c1-3(5-4)2-9(6,7)8/h3,5H,2H2,1H3,(H,6,7,8). The summed E-state index contributed by atoms with van der Waals surface area (Å²) in [5, 5.41) is 0. The Morgan fingerprint density at radius 2 is 2.22 bits per heavy atom. The van der Waals surface area contributed by atoms with Gasteiger partial charge in [-0.15, -0.1) is 0 Å². The van der Waals surface area contributed by atoms with Gasteiger partial charge in [-0.2, -0.15) is 8.42 Å². The highest BCUT2D eigenvalue weighted by Gasteiger charge is 2.09. The van der Waals surface area contributed by atoms with Gasteiger partial charge < -0.3 is 0 Å². The fraction of sp³-hybridized carbons (Fsp3) is 1.00. The van der Waals surface area contributed by atoms with Gasteiger partial charge in [0.05, 0.1) is 5.75 Å². The quantitative estimate of drug-likeness (QED) is 0.466. The van der Waals surface area contributed by atoms with Crippen molar-refractivity contribution in [3.63, 3.8) is 0 Å². The van der Waals surface area contributed by atoms with Gasteiger partial charge in [-0.3, -0.25) is 4.55 Å². The maximum absolute atomic E-state index is 10.1. The van der Waals surface area contributed by atoms with Crippen LogP contribution in [0, 0.1) is 0 Å². The molecule has 56 valence electrons. The molecule has 0 heterocycles. The van der Waals surface area contributed by atoms with Crippen molar-refractivity contribution < 1.29 is 13.0 Å². The fourth-order valence-electron chi connectivity index (χ4n) is 0.347. The number of rotatable bonds is 3. The summed E-state index contributed by atoms with van der Waals surface area (Å²) in [5.74, 6) is -0.365. The molecule has 0 fully saturated rings. The van der Waals surface area contributed by atoms with Crippen molar-refractivity contribution in [3.05, 3.63) is 0 Å². The van der Waals surface area contributed by atoms with Crippen molar-refractivity contribution in [1.29, 1.82) is 0 Å². The smallest absolute Gasteiger partial charge is 0.266 e. The normalized spacial score (nSPS) is 15.4. The topological polar surface area (TPSA) is 66.4 Å². The van der Waals surface area contributed by atoms with Crippen LogP contribution in [0.3, 0.4) is 0 Å². The van der Waals surface area contributed by atoms with Crippen LogP contribution in [0.1, 0.15) is 6.92 Å². The third-order valence-electron chi connectivity index (χ3n) is 0.647. The van der Waals surface area contributed by atoms with Crippen LogP contribution in [-0.4, -0.2) is 24.8 Å². The Bertz CT molecular complexity index is 166. The highest BCUT2D eigenvalue weighted by atomic mass is 35.5. The molecule has 2 N–H and O–H groups in total. The fourth-order valence-corrected chi connectivity index (χ4v) is 1.23. The summed E-state index contributed by atoms with van der Waals surface area (Å²) in [7, 11) is -3.88. The summed E-state index contributed by atoms with van der Waals surface area (Å²) in [6.07, 6.45) is 0. The summed E-state index contributed by atoms with van der Waals surface area (Å²) in [4.78, 5) is 2.15. The van der Waals surface area contributed by atoms with Crippen LogP contribution in [0.5, 0.6) is 0 Å². The molecule has 0 amide bonds. The first-order valence-corrected chi connectivity index (χ1v) is 4.25. The highest BCUT2D eigenvalue weighted by molar-refractivity contribution is 7.85. The van der Waals surface area contributed by atoms with Gasteiger partial charge in [-0.05, 0) is 18.7 Å². The predicted molar refractivity (Wildman–Crippen MR) is 34.9 cm³/mol. The van der Waals surface area contributed by atoms with E-state index in [1.807, 2.05) is 0 Å². The third kappa shape index (κ3) is 6.04. The molecule has 0 radical (unpaired) electrons. The first-order valence-electron chi connectivity index (χ1n) is 2.27. The molecule has 0 aliphatic carbocycles. The minimum atomic E-state index is -3.88. The molecule has 1 atom stereocenters. The van der Waals surface area contributed by atoms with E-state index in [9.17, 15) is 8.42 Å². The van der Waals surface area contributed by atoms with Gasteiger partial charge in [0.1, 0.15) is 0 Å². The van der Waals surface area contributed by atoms with Crippen LogP contribution >= 0.6 is 11.8 Å². The van der Waals surface area contributed by atoms with Crippen LogP contribution in [0.4, 0.5) is 0 Å². The van der Waals surface area contributed by atoms with E-state index in [1.165, 1.54) is 0 Å². The van der Waals surface area contributed by atoms with Gasteiger partial charge in [0, 0.05) is 6.04 Å². The Hall–Kier alpha value is 0.160. The minimum absolute atomic E-state index is 0.365. The zero-order valence-corrected chi connectivity index (χ0v) is 6.41. The predicted octanol–water partition coefficient (Wildman–Crippen LogP) is 0.00610. The van der Waals surface area contributed by atoms with Crippen LogP contribution in [0.2, 0.25) is 0 Å². The van der Waals surface area contributed by atoms with Gasteiger partial charge in [0.25, 0.3) is 10.1 Å². The van der Waals surface area contributed by atoms with Gasteiger partial charge >= 0.3 is 0 Å². The molecular weight excluding hydrogens is 166 g/mol. The molecule has 0 saturated carbocycles. The molecule has 0 aromatic rings. The van der Waals surface area contributed by atoms with Crippen molar-refractivity contribution in [3.8, 4) is 0 Å². The second-order valence-electron chi connectivity index (χ2n) is 1.76. The van der Waals surface area contributed by atoms with Crippen molar-refractivity contribution in [2.45, 2.75) is 13.0 Å². The van der Waals surface area contributed by atoms with E-state index in [0.717, 1.165) is 0 Å². The SMILES string of the molecule is CC(CS(=O)(=O)O)NCl. The lowest BCUT2D eigenvalue weighted by Crippen LogP contribution is -2.26. The lowest BCUT2D eigenvalue weighted by atomic mass is 10.4. The van der Waals surface area contributed by atoms with Crippen molar-refractivity contribution in [2.24, 2.45) is 0 Å². The van der Waals surface area contributed by atoms with E-state index in [1.54, 1.807) is 6.92 Å². The van der Waals surface area contributed by atoms with E-state index in [0.29, 0.717) is 0 Å². The maximum atomic E-state index is 10.1. The summed E-state index contributed by atoms with van der Waals surface area (Å²) in [5.41, 5.74) is 0. The molecule has 9 heavy (non-hydrogen) atoms. The second-order valence-corrected chi connectivity index (χ2v) is 3.47. The monoisotopic (exact) mass is 173 g/mol. The number of nitrogens with one attached hydrogen (secondary N) is 1. The molecule has 0 aromatic carbocycles. The van der Waals surface area contributed by atoms with Crippen molar-refractivity contribution in [2.75, 3.05) is 5.75 Å². The van der Waals surface area contributed by atoms with Crippen molar-refractivity contribution in [1.82, 2.24) is 4.84 Å². The molecule has 0 aliphatic rings. The number of hydrogen-bond acceptors (Lipinski definition) is 3. The largest absolute Gasteiger partial charge is 0.285 e. The van der Waals surface area contributed by atoms with Crippen molar-refractivity contribution >= 4 is 21.9 Å². The Morgan fingerprint density at radius 1 is 1.78 bits per heavy atom. The second kappa shape index (κ2) is 3.36. The van der Waals surface area contributed by atoms with Crippen LogP contribution in [0.15, 0.2) is 0 Å². The average Bonchev–Trinajstić information content (AvgIpc) is 1.62. The molecule has 0 saturated heterocycles. The van der Waals surface area contributed by atoms with Gasteiger partial charge in [0.2, 0.25) is 0 Å². The molecule has 0 bridgehead atoms. The molecule has 0 rings (SSSR count). The Morgan fingerprint density at radius 3 is 2.33 bits per heavy atom. The molecule has 4 nitrogen and oxygen atoms in total. The van der Waals surface area contributed by atoms with Crippen LogP contribution < -0.4 is 4.84 Å². The zero-order chi connectivity index (χ0) is 7.49. The summed E-state index contributed by atoms with van der Waals surface area (Å²) >= 11 is 5.03. The van der Waals surface area contributed by atoms with E-state index >= 15 is 0 Å². The Balaban J connectivity index is 3.75. The first kappa shape index (κ1) is 9.16. The third-order valence-corrected chi connectivity index (χ3v) is 1.94. The van der Waals surface area contributed by atoms with E-state index in [-0.39, 0.29) is 5.75 Å². The van der Waals surface area contributed by atoms with E-state index < -0.39 is 16.2 Å². The minimum Gasteiger partial charge on any atom is -0.285 e. The lowest BCUT2D eigenvalue weighted by Gasteiger charge is -2.03. The zero-order valence-electron chi connectivity index (χ0n) is 4.83. The average molecular weight is 174 g/mol. The Kier molecular flexibility index (Phi) is 3.42. The Labute approximate surface area is 59.1 Å². The summed E-state index contributed by atoms with van der Waals surface area (Å²) in [6, 6.07) is -0.429. The molecular formula is C3H8ClNO3S. The van der Waals surface area contributed by atoms with Gasteiger partial charge in [-0.1, -0.05) is 0 Å². The molecule has 1 unspecified atom stereocenters. The summed E-state index contributed by atoms with van der Waals surface area (Å²) < 4.78 is 28.3. The number of halogens is 1. The molecule has 0 aliphatic heterocycles. The van der Waals surface area contributed by atoms with E-state index in [4.69, 9.17) is 16.3 Å². The first-order chi connectivity index (χ1) is 3.95. The lowest BCUT2D eigenvalue weighted by molar-refractivity contribution is 0.477. The summed E-state index contributed by atoms with van der Waals surface area (Å²) in [6.45, 7) is 1.54. The van der Waals surface area contributed by atoms with E-state index in [2.05, 4.69) is 4.84 Å². The number of hydrogen-bond donors (Lipinski definition) is 2. The molecule has 6 heteroatoms.